The predicted octanol–water partition coefficient (Wildman–Crippen LogP) is 3.11. The van der Waals surface area contributed by atoms with E-state index in [0.717, 1.165) is 17.8 Å². The third-order valence-electron chi connectivity index (χ3n) is 3.82. The van der Waals surface area contributed by atoms with Crippen molar-refractivity contribution in [2.75, 3.05) is 12.4 Å². The molecular weight excluding hydrogens is 368 g/mol. The van der Waals surface area contributed by atoms with Gasteiger partial charge in [0, 0.05) is 5.71 Å². The summed E-state index contributed by atoms with van der Waals surface area (Å²) in [6.07, 6.45) is 0. The first-order chi connectivity index (χ1) is 12.6. The predicted molar refractivity (Wildman–Crippen MR) is 108 cm³/mol. The topological polar surface area (TPSA) is 93.8 Å². The average molecular weight is 389 g/mol. The van der Waals surface area contributed by atoms with Gasteiger partial charge in [-0.15, -0.1) is 9.24 Å². The Kier molecular flexibility index (Phi) is 6.28. The molecule has 142 valence electrons. The zero-order valence-corrected chi connectivity index (χ0v) is 16.7. The highest BCUT2D eigenvalue weighted by atomic mass is 31.0. The number of rotatable bonds is 5. The lowest BCUT2D eigenvalue weighted by Gasteiger charge is -2.16. The Bertz CT molecular complexity index is 954. The van der Waals surface area contributed by atoms with Crippen LogP contribution in [-0.2, 0) is 0 Å². The first kappa shape index (κ1) is 20.5. The van der Waals surface area contributed by atoms with Crippen molar-refractivity contribution < 1.29 is 18.7 Å². The molecule has 3 N–H and O–H groups in total. The maximum atomic E-state index is 13.8. The van der Waals surface area contributed by atoms with Gasteiger partial charge >= 0.3 is 0 Å². The fraction of sp³-hybridized carbons (Fsp3) is 0.211. The van der Waals surface area contributed by atoms with Crippen LogP contribution in [0.5, 0.6) is 5.75 Å². The first-order valence-corrected chi connectivity index (χ1v) is 8.63. The number of nitrogens with zero attached hydrogens (tertiary/aromatic N) is 1. The van der Waals surface area contributed by atoms with Crippen molar-refractivity contribution >= 4 is 43.4 Å². The van der Waals surface area contributed by atoms with Gasteiger partial charge in [0.2, 0.25) is 0 Å². The van der Waals surface area contributed by atoms with Crippen LogP contribution in [0.1, 0.15) is 40.1 Å². The number of hydrogen-bond donors (Lipinski definition) is 2. The van der Waals surface area contributed by atoms with Gasteiger partial charge in [0.15, 0.2) is 0 Å². The summed E-state index contributed by atoms with van der Waals surface area (Å²) in [5, 5.41) is 2.82. The molecule has 27 heavy (non-hydrogen) atoms. The Hall–Kier alpha value is -2.79. The molecule has 0 aromatic heterocycles. The van der Waals surface area contributed by atoms with Crippen LogP contribution in [0.4, 0.5) is 15.8 Å². The van der Waals surface area contributed by atoms with Crippen LogP contribution in [-0.4, -0.2) is 24.6 Å². The molecule has 0 aliphatic carbocycles. The molecule has 0 saturated carbocycles. The number of nitrogens with one attached hydrogen (secondary N) is 1. The van der Waals surface area contributed by atoms with Gasteiger partial charge in [-0.25, -0.2) is 4.39 Å². The number of primary amides is 1. The fourth-order valence-electron chi connectivity index (χ4n) is 2.68. The van der Waals surface area contributed by atoms with Crippen LogP contribution in [0.25, 0.3) is 0 Å². The second-order valence-corrected chi connectivity index (χ2v) is 6.70. The van der Waals surface area contributed by atoms with E-state index in [9.17, 15) is 14.0 Å². The average Bonchev–Trinajstić information content (AvgIpc) is 2.54. The van der Waals surface area contributed by atoms with Crippen molar-refractivity contribution in [3.05, 3.63) is 46.8 Å². The van der Waals surface area contributed by atoms with Gasteiger partial charge in [-0.2, -0.15) is 0 Å². The molecule has 2 amide bonds. The number of anilines is 1. The van der Waals surface area contributed by atoms with E-state index < -0.39 is 17.6 Å². The number of carbonyl (C=O) groups is 2. The number of amides is 2. The standard InChI is InChI=1S/C19H21FN3O3P/c1-9(2)22-12-5-6-14(26-4)16(10(12)3)19(25)23-13-7-11(20)8-15(27)17(13)18(21)24/h5-8H,27H2,1-4H3,(H2,21,24)(H,23,25). The molecule has 0 bridgehead atoms. The second-order valence-electron chi connectivity index (χ2n) is 6.08. The largest absolute Gasteiger partial charge is 0.496 e. The Morgan fingerprint density at radius 1 is 1.22 bits per heavy atom. The van der Waals surface area contributed by atoms with E-state index in [4.69, 9.17) is 10.5 Å². The molecule has 6 nitrogen and oxygen atoms in total. The normalized spacial score (nSPS) is 10.3. The van der Waals surface area contributed by atoms with Crippen LogP contribution < -0.4 is 21.1 Å². The minimum absolute atomic E-state index is 0.0143. The molecule has 1 unspecified atom stereocenters. The van der Waals surface area contributed by atoms with Crippen molar-refractivity contribution in [2.24, 2.45) is 10.7 Å². The molecule has 2 aromatic carbocycles. The van der Waals surface area contributed by atoms with E-state index in [1.807, 2.05) is 13.8 Å². The second kappa shape index (κ2) is 8.27. The van der Waals surface area contributed by atoms with Crippen molar-refractivity contribution in [3.63, 3.8) is 0 Å². The summed E-state index contributed by atoms with van der Waals surface area (Å²) in [4.78, 5) is 29.1. The Labute approximate surface area is 159 Å². The van der Waals surface area contributed by atoms with Crippen molar-refractivity contribution in [1.82, 2.24) is 0 Å². The minimum Gasteiger partial charge on any atom is -0.496 e. The van der Waals surface area contributed by atoms with Crippen LogP contribution in [0.15, 0.2) is 29.3 Å². The summed E-state index contributed by atoms with van der Waals surface area (Å²) in [6, 6.07) is 5.57. The number of benzene rings is 2. The Morgan fingerprint density at radius 2 is 1.89 bits per heavy atom. The van der Waals surface area contributed by atoms with Gasteiger partial charge in [0.25, 0.3) is 11.8 Å². The Morgan fingerprint density at radius 3 is 2.44 bits per heavy atom. The van der Waals surface area contributed by atoms with Gasteiger partial charge in [-0.3, -0.25) is 14.6 Å². The number of aliphatic imine (C=N–C) groups is 1. The van der Waals surface area contributed by atoms with Gasteiger partial charge in [-0.1, -0.05) is 0 Å². The van der Waals surface area contributed by atoms with E-state index in [2.05, 4.69) is 19.5 Å². The van der Waals surface area contributed by atoms with Crippen LogP contribution >= 0.6 is 9.24 Å². The van der Waals surface area contributed by atoms with E-state index in [1.165, 1.54) is 7.11 Å². The zero-order chi connectivity index (χ0) is 20.3. The Balaban J connectivity index is 2.57. The van der Waals surface area contributed by atoms with Gasteiger partial charge in [-0.05, 0) is 55.9 Å². The molecule has 8 heteroatoms. The highest BCUT2D eigenvalue weighted by Crippen LogP contribution is 2.31. The molecular formula is C19H21FN3O3P. The lowest BCUT2D eigenvalue weighted by molar-refractivity contribution is 0.100. The number of halogens is 1. The number of nitrogens with two attached hydrogens (primary N) is 1. The molecule has 0 spiro atoms. The summed E-state index contributed by atoms with van der Waals surface area (Å²) in [5.41, 5.74) is 7.65. The van der Waals surface area contributed by atoms with Crippen LogP contribution in [0, 0.1) is 12.7 Å². The number of methoxy groups -OCH3 is 1. The number of carbonyl (C=O) groups excluding carboxylic acids is 2. The van der Waals surface area contributed by atoms with E-state index in [0.29, 0.717) is 17.0 Å². The highest BCUT2D eigenvalue weighted by Gasteiger charge is 2.21. The molecule has 1 atom stereocenters. The molecule has 0 aliphatic heterocycles. The molecule has 0 fully saturated rings. The molecule has 0 radical (unpaired) electrons. The molecule has 0 heterocycles. The quantitative estimate of drug-likeness (QED) is 0.608. The summed E-state index contributed by atoms with van der Waals surface area (Å²) in [6.45, 7) is 5.42. The number of ether oxygens (including phenoxy) is 1. The maximum Gasteiger partial charge on any atom is 0.259 e. The van der Waals surface area contributed by atoms with E-state index in [1.54, 1.807) is 19.1 Å². The zero-order valence-electron chi connectivity index (χ0n) is 15.5. The molecule has 2 aromatic rings. The third-order valence-corrected chi connectivity index (χ3v) is 4.27. The smallest absolute Gasteiger partial charge is 0.259 e. The van der Waals surface area contributed by atoms with E-state index in [-0.39, 0.29) is 22.1 Å². The molecule has 0 saturated heterocycles. The fourth-order valence-corrected chi connectivity index (χ4v) is 3.13. The minimum atomic E-state index is -0.779. The highest BCUT2D eigenvalue weighted by molar-refractivity contribution is 7.27. The molecule has 2 rings (SSSR count). The SMILES string of the molecule is COc1ccc(N=C(C)C)c(C)c1C(=O)Nc1cc(F)cc(P)c1C(N)=O. The summed E-state index contributed by atoms with van der Waals surface area (Å²) in [5.74, 6) is -1.61. The van der Waals surface area contributed by atoms with Gasteiger partial charge in [0.05, 0.1) is 29.6 Å². The van der Waals surface area contributed by atoms with Crippen molar-refractivity contribution in [1.29, 1.82) is 0 Å². The van der Waals surface area contributed by atoms with Crippen molar-refractivity contribution in [3.8, 4) is 5.75 Å². The summed E-state index contributed by atoms with van der Waals surface area (Å²) >= 11 is 0. The monoisotopic (exact) mass is 389 g/mol. The van der Waals surface area contributed by atoms with Crippen LogP contribution in [0.3, 0.4) is 0 Å². The van der Waals surface area contributed by atoms with Gasteiger partial charge in [0.1, 0.15) is 11.6 Å². The lowest BCUT2D eigenvalue weighted by atomic mass is 10.0. The van der Waals surface area contributed by atoms with Gasteiger partial charge < -0.3 is 15.8 Å². The van der Waals surface area contributed by atoms with Crippen LogP contribution in [0.2, 0.25) is 0 Å². The summed E-state index contributed by atoms with van der Waals surface area (Å²) < 4.78 is 19.1. The van der Waals surface area contributed by atoms with Crippen molar-refractivity contribution in [2.45, 2.75) is 20.8 Å². The molecule has 0 aliphatic rings. The van der Waals surface area contributed by atoms with E-state index >= 15 is 0 Å². The third kappa shape index (κ3) is 4.49. The summed E-state index contributed by atoms with van der Waals surface area (Å²) in [7, 11) is 3.67. The lowest BCUT2D eigenvalue weighted by Crippen LogP contribution is -2.24. The first-order valence-electron chi connectivity index (χ1n) is 8.05. The maximum absolute atomic E-state index is 13.8. The number of hydrogen-bond acceptors (Lipinski definition) is 4.